The van der Waals surface area contributed by atoms with Crippen molar-refractivity contribution < 1.29 is 38.1 Å². The van der Waals surface area contributed by atoms with Gasteiger partial charge in [0.2, 0.25) is 0 Å². The van der Waals surface area contributed by atoms with E-state index in [0.29, 0.717) is 52.9 Å². The highest BCUT2D eigenvalue weighted by Gasteiger charge is 2.24. The molecule has 0 unspecified atom stereocenters. The van der Waals surface area contributed by atoms with Crippen molar-refractivity contribution in [3.05, 3.63) is 28.1 Å². The van der Waals surface area contributed by atoms with Crippen molar-refractivity contribution >= 4 is 11.7 Å². The first-order valence-corrected chi connectivity index (χ1v) is 10.1. The molecular weight excluding hydrogens is 412 g/mol. The zero-order valence-electron chi connectivity index (χ0n) is 18.8. The molecule has 11 nitrogen and oxygen atoms in total. The first-order valence-electron chi connectivity index (χ1n) is 10.1. The molecule has 178 valence electrons. The molecule has 0 aliphatic carbocycles. The van der Waals surface area contributed by atoms with Gasteiger partial charge in [0, 0.05) is 19.7 Å². The Morgan fingerprint density at radius 1 is 0.935 bits per heavy atom. The first kappa shape index (κ1) is 27.0. The van der Waals surface area contributed by atoms with Crippen LogP contribution in [0.3, 0.4) is 0 Å². The zero-order valence-corrected chi connectivity index (χ0v) is 18.8. The predicted molar refractivity (Wildman–Crippen MR) is 111 cm³/mol. The Balaban J connectivity index is 2.21. The van der Waals surface area contributed by atoms with E-state index in [1.54, 1.807) is 27.9 Å². The number of rotatable bonds is 17. The molecule has 0 amide bonds. The minimum atomic E-state index is -0.699. The van der Waals surface area contributed by atoms with E-state index in [4.69, 9.17) is 28.4 Å². The fraction of sp³-hybridized carbons (Fsp3) is 0.750. The quantitative estimate of drug-likeness (QED) is 0.153. The van der Waals surface area contributed by atoms with Crippen molar-refractivity contribution in [2.45, 2.75) is 32.9 Å². The Morgan fingerprint density at radius 2 is 1.42 bits per heavy atom. The van der Waals surface area contributed by atoms with E-state index in [9.17, 15) is 14.9 Å². The summed E-state index contributed by atoms with van der Waals surface area (Å²) in [7, 11) is 1.62. The maximum atomic E-state index is 12.3. The number of hydrogen-bond donors (Lipinski definition) is 0. The molecule has 0 N–H and O–H groups in total. The summed E-state index contributed by atoms with van der Waals surface area (Å²) in [6.07, 6.45) is 1.30. The molecule has 0 aliphatic heterocycles. The lowest BCUT2D eigenvalue weighted by atomic mass is 10.2. The molecule has 31 heavy (non-hydrogen) atoms. The van der Waals surface area contributed by atoms with Gasteiger partial charge in [-0.1, -0.05) is 0 Å². The number of nitrogens with zero attached hydrogens (tertiary/aromatic N) is 2. The van der Waals surface area contributed by atoms with Crippen molar-refractivity contribution in [2.24, 2.45) is 0 Å². The van der Waals surface area contributed by atoms with Crippen LogP contribution in [0.1, 0.15) is 31.3 Å². The van der Waals surface area contributed by atoms with E-state index in [1.807, 2.05) is 0 Å². The van der Waals surface area contributed by atoms with Gasteiger partial charge in [0.1, 0.15) is 11.3 Å². The normalized spacial score (nSPS) is 11.6. The number of ether oxygens (including phenoxy) is 6. The van der Waals surface area contributed by atoms with Crippen molar-refractivity contribution in [1.82, 2.24) is 4.57 Å². The van der Waals surface area contributed by atoms with Gasteiger partial charge in [-0.05, 0) is 20.8 Å². The Bertz CT molecular complexity index is 656. The van der Waals surface area contributed by atoms with Gasteiger partial charge in [0.05, 0.1) is 70.6 Å². The highest BCUT2D eigenvalue weighted by atomic mass is 16.6. The van der Waals surface area contributed by atoms with E-state index in [0.717, 1.165) is 0 Å². The van der Waals surface area contributed by atoms with Gasteiger partial charge in [-0.3, -0.25) is 10.1 Å². The lowest BCUT2D eigenvalue weighted by Gasteiger charge is -2.20. The molecule has 0 aliphatic rings. The number of methoxy groups -OCH3 is 1. The van der Waals surface area contributed by atoms with Crippen LogP contribution < -0.4 is 0 Å². The summed E-state index contributed by atoms with van der Waals surface area (Å²) in [6, 6.07) is 1.21. The standard InChI is InChI=1S/C20H34N2O9/c1-20(2,3)31-19(23)18-15-17(22(24)25)16-21(18)5-6-27-9-10-29-13-14-30-12-11-28-8-7-26-4/h15-16H,5-14H2,1-4H3. The minimum Gasteiger partial charge on any atom is -0.455 e. The summed E-state index contributed by atoms with van der Waals surface area (Å²) in [5, 5.41) is 11.0. The van der Waals surface area contributed by atoms with Crippen LogP contribution in [-0.2, 0) is 35.0 Å². The van der Waals surface area contributed by atoms with Gasteiger partial charge >= 0.3 is 5.97 Å². The number of esters is 1. The Labute approximate surface area is 182 Å². The van der Waals surface area contributed by atoms with E-state index < -0.39 is 16.5 Å². The minimum absolute atomic E-state index is 0.116. The fourth-order valence-corrected chi connectivity index (χ4v) is 2.35. The van der Waals surface area contributed by atoms with E-state index in [-0.39, 0.29) is 24.5 Å². The molecule has 1 rings (SSSR count). The highest BCUT2D eigenvalue weighted by Crippen LogP contribution is 2.19. The molecule has 0 fully saturated rings. The number of hydrogen-bond acceptors (Lipinski definition) is 9. The van der Waals surface area contributed by atoms with Gasteiger partial charge in [0.15, 0.2) is 0 Å². The fourth-order valence-electron chi connectivity index (χ4n) is 2.35. The highest BCUT2D eigenvalue weighted by molar-refractivity contribution is 5.89. The monoisotopic (exact) mass is 446 g/mol. The maximum Gasteiger partial charge on any atom is 0.355 e. The second kappa shape index (κ2) is 14.9. The SMILES string of the molecule is COCCOCCOCCOCCOCCn1cc([N+](=O)[O-])cc1C(=O)OC(C)(C)C. The summed E-state index contributed by atoms with van der Waals surface area (Å²) in [4.78, 5) is 22.8. The summed E-state index contributed by atoms with van der Waals surface area (Å²) >= 11 is 0. The molecule has 1 aromatic rings. The predicted octanol–water partition coefficient (Wildman–Crippen LogP) is 2.06. The van der Waals surface area contributed by atoms with E-state index >= 15 is 0 Å². The molecule has 0 atom stereocenters. The van der Waals surface area contributed by atoms with Crippen LogP contribution in [0.2, 0.25) is 0 Å². The smallest absolute Gasteiger partial charge is 0.355 e. The lowest BCUT2D eigenvalue weighted by molar-refractivity contribution is -0.384. The number of aromatic nitrogens is 1. The topological polar surface area (TPSA) is 121 Å². The summed E-state index contributed by atoms with van der Waals surface area (Å²) < 4.78 is 33.2. The van der Waals surface area contributed by atoms with E-state index in [1.165, 1.54) is 16.8 Å². The third-order valence-corrected chi connectivity index (χ3v) is 3.73. The Kier molecular flexibility index (Phi) is 12.9. The molecular formula is C20H34N2O9. The summed E-state index contributed by atoms with van der Waals surface area (Å²) in [6.45, 7) is 9.48. The van der Waals surface area contributed by atoms with Crippen LogP contribution in [0.25, 0.3) is 0 Å². The molecule has 0 aromatic carbocycles. The van der Waals surface area contributed by atoms with Crippen molar-refractivity contribution in [3.63, 3.8) is 0 Å². The molecule has 0 saturated heterocycles. The van der Waals surface area contributed by atoms with Crippen LogP contribution >= 0.6 is 0 Å². The number of nitro groups is 1. The van der Waals surface area contributed by atoms with Crippen molar-refractivity contribution in [2.75, 3.05) is 66.6 Å². The molecule has 11 heteroatoms. The van der Waals surface area contributed by atoms with Gasteiger partial charge in [-0.15, -0.1) is 0 Å². The average Bonchev–Trinajstić information content (AvgIpc) is 3.12. The Hall–Kier alpha value is -2.05. The van der Waals surface area contributed by atoms with Crippen LogP contribution in [0.5, 0.6) is 0 Å². The molecule has 0 bridgehead atoms. The molecule has 0 saturated carbocycles. The largest absolute Gasteiger partial charge is 0.455 e. The zero-order chi connectivity index (χ0) is 23.1. The summed E-state index contributed by atoms with van der Waals surface area (Å²) in [5.74, 6) is -0.618. The third kappa shape index (κ3) is 12.4. The van der Waals surface area contributed by atoms with Gasteiger partial charge in [0.25, 0.3) is 5.69 Å². The van der Waals surface area contributed by atoms with E-state index in [2.05, 4.69) is 0 Å². The molecule has 0 spiro atoms. The molecule has 0 radical (unpaired) electrons. The van der Waals surface area contributed by atoms with Crippen LogP contribution in [-0.4, -0.2) is 87.6 Å². The Morgan fingerprint density at radius 3 is 1.87 bits per heavy atom. The van der Waals surface area contributed by atoms with Crippen LogP contribution in [0, 0.1) is 10.1 Å². The second-order valence-corrected chi connectivity index (χ2v) is 7.48. The average molecular weight is 446 g/mol. The van der Waals surface area contributed by atoms with Gasteiger partial charge < -0.3 is 33.0 Å². The maximum absolute atomic E-state index is 12.3. The second-order valence-electron chi connectivity index (χ2n) is 7.48. The number of carbonyl (C=O) groups excluding carboxylic acids is 1. The summed E-state index contributed by atoms with van der Waals surface area (Å²) in [5.41, 5.74) is -0.756. The van der Waals surface area contributed by atoms with Crippen molar-refractivity contribution in [1.29, 1.82) is 0 Å². The van der Waals surface area contributed by atoms with Gasteiger partial charge in [-0.25, -0.2) is 4.79 Å². The lowest BCUT2D eigenvalue weighted by Crippen LogP contribution is -2.25. The van der Waals surface area contributed by atoms with Crippen molar-refractivity contribution in [3.8, 4) is 0 Å². The third-order valence-electron chi connectivity index (χ3n) is 3.73. The number of carbonyl (C=O) groups is 1. The van der Waals surface area contributed by atoms with Crippen LogP contribution in [0.15, 0.2) is 12.3 Å². The van der Waals surface area contributed by atoms with Crippen LogP contribution in [0.4, 0.5) is 5.69 Å². The molecule has 1 aromatic heterocycles. The first-order chi connectivity index (χ1) is 14.7. The van der Waals surface area contributed by atoms with Gasteiger partial charge in [-0.2, -0.15) is 0 Å². The molecule has 1 heterocycles.